The molecule has 0 radical (unpaired) electrons. The summed E-state index contributed by atoms with van der Waals surface area (Å²) in [6.07, 6.45) is 4.14. The molecule has 3 heteroatoms. The lowest BCUT2D eigenvalue weighted by molar-refractivity contribution is -0.124. The van der Waals surface area contributed by atoms with Crippen molar-refractivity contribution in [1.82, 2.24) is 10.6 Å². The molecular formula is C16H24N2O. The summed E-state index contributed by atoms with van der Waals surface area (Å²) in [5.41, 5.74) is 1.26. The van der Waals surface area contributed by atoms with Crippen molar-refractivity contribution in [2.45, 2.75) is 57.7 Å². The standard InChI is InChI=1S/C16H24N2O/c1-12-7-6-10-15(17-12)16(19)18-13(2)11-14-8-4-3-5-9-14/h3-5,8-9,12-13,15,17H,6-7,10-11H2,1-2H3,(H,18,19). The topological polar surface area (TPSA) is 41.1 Å². The summed E-state index contributed by atoms with van der Waals surface area (Å²) in [6.45, 7) is 4.21. The van der Waals surface area contributed by atoms with Gasteiger partial charge in [0.25, 0.3) is 0 Å². The number of carbonyl (C=O) groups is 1. The van der Waals surface area contributed by atoms with Crippen LogP contribution in [0.1, 0.15) is 38.7 Å². The lowest BCUT2D eigenvalue weighted by Gasteiger charge is -2.29. The Balaban J connectivity index is 1.81. The Morgan fingerprint density at radius 1 is 1.37 bits per heavy atom. The quantitative estimate of drug-likeness (QED) is 0.872. The first-order valence-electron chi connectivity index (χ1n) is 7.25. The van der Waals surface area contributed by atoms with E-state index in [1.807, 2.05) is 18.2 Å². The van der Waals surface area contributed by atoms with Gasteiger partial charge in [-0.15, -0.1) is 0 Å². The SMILES string of the molecule is CC(Cc1ccccc1)NC(=O)C1CCCC(C)N1. The molecule has 0 saturated carbocycles. The molecule has 3 unspecified atom stereocenters. The fourth-order valence-electron chi connectivity index (χ4n) is 2.71. The molecule has 1 saturated heterocycles. The van der Waals surface area contributed by atoms with Crippen LogP contribution in [0.25, 0.3) is 0 Å². The first-order chi connectivity index (χ1) is 9.15. The van der Waals surface area contributed by atoms with Crippen molar-refractivity contribution in [3.63, 3.8) is 0 Å². The van der Waals surface area contributed by atoms with E-state index in [1.54, 1.807) is 0 Å². The first-order valence-corrected chi connectivity index (χ1v) is 7.25. The van der Waals surface area contributed by atoms with Gasteiger partial charge in [-0.1, -0.05) is 30.3 Å². The van der Waals surface area contributed by atoms with Gasteiger partial charge in [0.1, 0.15) is 0 Å². The third-order valence-electron chi connectivity index (χ3n) is 3.71. The number of hydrogen-bond donors (Lipinski definition) is 2. The third kappa shape index (κ3) is 4.35. The Bertz CT molecular complexity index is 404. The van der Waals surface area contributed by atoms with Gasteiger partial charge in [-0.3, -0.25) is 4.79 Å². The number of benzene rings is 1. The molecule has 0 spiro atoms. The highest BCUT2D eigenvalue weighted by Gasteiger charge is 2.24. The summed E-state index contributed by atoms with van der Waals surface area (Å²) in [7, 11) is 0. The molecule has 0 aliphatic carbocycles. The van der Waals surface area contributed by atoms with Crippen molar-refractivity contribution >= 4 is 5.91 Å². The van der Waals surface area contributed by atoms with E-state index in [0.717, 1.165) is 19.3 Å². The molecule has 2 rings (SSSR count). The number of carbonyl (C=O) groups excluding carboxylic acids is 1. The summed E-state index contributed by atoms with van der Waals surface area (Å²) in [5.74, 6) is 0.148. The molecule has 1 heterocycles. The molecule has 2 N–H and O–H groups in total. The summed E-state index contributed by atoms with van der Waals surface area (Å²) in [4.78, 5) is 12.2. The molecule has 1 aromatic rings. The minimum absolute atomic E-state index is 0.0121. The Labute approximate surface area is 115 Å². The highest BCUT2D eigenvalue weighted by atomic mass is 16.2. The predicted molar refractivity (Wildman–Crippen MR) is 78.0 cm³/mol. The van der Waals surface area contributed by atoms with E-state index in [9.17, 15) is 4.79 Å². The highest BCUT2D eigenvalue weighted by molar-refractivity contribution is 5.82. The summed E-state index contributed by atoms with van der Waals surface area (Å²) in [5, 5.41) is 6.49. The van der Waals surface area contributed by atoms with Crippen molar-refractivity contribution in [2.75, 3.05) is 0 Å². The number of hydrogen-bond acceptors (Lipinski definition) is 2. The molecule has 1 aliphatic rings. The smallest absolute Gasteiger partial charge is 0.237 e. The van der Waals surface area contributed by atoms with Crippen LogP contribution >= 0.6 is 0 Å². The van der Waals surface area contributed by atoms with E-state index >= 15 is 0 Å². The predicted octanol–water partition coefficient (Wildman–Crippen LogP) is 2.26. The van der Waals surface area contributed by atoms with Crippen molar-refractivity contribution < 1.29 is 4.79 Å². The van der Waals surface area contributed by atoms with Gasteiger partial charge in [-0.05, 0) is 45.1 Å². The Morgan fingerprint density at radius 2 is 2.11 bits per heavy atom. The maximum atomic E-state index is 12.2. The zero-order valence-corrected chi connectivity index (χ0v) is 11.9. The van der Waals surface area contributed by atoms with Crippen molar-refractivity contribution in [3.05, 3.63) is 35.9 Å². The van der Waals surface area contributed by atoms with Crippen LogP contribution in [0, 0.1) is 0 Å². The van der Waals surface area contributed by atoms with Crippen LogP contribution in [-0.4, -0.2) is 24.0 Å². The van der Waals surface area contributed by atoms with Crippen LogP contribution in [0.4, 0.5) is 0 Å². The van der Waals surface area contributed by atoms with Gasteiger partial charge in [0, 0.05) is 12.1 Å². The van der Waals surface area contributed by atoms with Gasteiger partial charge in [-0.2, -0.15) is 0 Å². The highest BCUT2D eigenvalue weighted by Crippen LogP contribution is 2.12. The molecular weight excluding hydrogens is 236 g/mol. The van der Waals surface area contributed by atoms with E-state index in [0.29, 0.717) is 6.04 Å². The average molecular weight is 260 g/mol. The zero-order valence-electron chi connectivity index (χ0n) is 11.9. The van der Waals surface area contributed by atoms with E-state index in [1.165, 1.54) is 12.0 Å². The molecule has 3 nitrogen and oxygen atoms in total. The number of piperidine rings is 1. The molecule has 3 atom stereocenters. The second-order valence-corrected chi connectivity index (χ2v) is 5.65. The number of rotatable bonds is 4. The van der Waals surface area contributed by atoms with Crippen LogP contribution in [0.2, 0.25) is 0 Å². The van der Waals surface area contributed by atoms with Crippen molar-refractivity contribution in [2.24, 2.45) is 0 Å². The van der Waals surface area contributed by atoms with Crippen LogP contribution in [-0.2, 0) is 11.2 Å². The van der Waals surface area contributed by atoms with Crippen LogP contribution in [0.5, 0.6) is 0 Å². The molecule has 0 aromatic heterocycles. The fourth-order valence-corrected chi connectivity index (χ4v) is 2.71. The minimum Gasteiger partial charge on any atom is -0.352 e. The van der Waals surface area contributed by atoms with Crippen LogP contribution < -0.4 is 10.6 Å². The van der Waals surface area contributed by atoms with Crippen LogP contribution in [0.3, 0.4) is 0 Å². The Hall–Kier alpha value is -1.35. The van der Waals surface area contributed by atoms with E-state index in [-0.39, 0.29) is 18.0 Å². The fraction of sp³-hybridized carbons (Fsp3) is 0.562. The average Bonchev–Trinajstić information content (AvgIpc) is 2.39. The van der Waals surface area contributed by atoms with Gasteiger partial charge in [-0.25, -0.2) is 0 Å². The van der Waals surface area contributed by atoms with Crippen molar-refractivity contribution in [3.8, 4) is 0 Å². The lowest BCUT2D eigenvalue weighted by Crippen LogP contribution is -2.52. The number of nitrogens with one attached hydrogen (secondary N) is 2. The maximum absolute atomic E-state index is 12.2. The Morgan fingerprint density at radius 3 is 2.79 bits per heavy atom. The summed E-state index contributed by atoms with van der Waals surface area (Å²) >= 11 is 0. The minimum atomic E-state index is -0.0121. The Kier molecular flexibility index (Phi) is 4.97. The summed E-state index contributed by atoms with van der Waals surface area (Å²) in [6, 6.07) is 10.9. The van der Waals surface area contributed by atoms with E-state index < -0.39 is 0 Å². The molecule has 1 amide bonds. The van der Waals surface area contributed by atoms with E-state index in [4.69, 9.17) is 0 Å². The summed E-state index contributed by atoms with van der Waals surface area (Å²) < 4.78 is 0. The van der Waals surface area contributed by atoms with Crippen molar-refractivity contribution in [1.29, 1.82) is 0 Å². The molecule has 19 heavy (non-hydrogen) atoms. The lowest BCUT2D eigenvalue weighted by atomic mass is 9.98. The van der Waals surface area contributed by atoms with Gasteiger partial charge in [0.2, 0.25) is 5.91 Å². The third-order valence-corrected chi connectivity index (χ3v) is 3.71. The zero-order chi connectivity index (χ0) is 13.7. The van der Waals surface area contributed by atoms with E-state index in [2.05, 4.69) is 36.6 Å². The first kappa shape index (κ1) is 14.1. The second kappa shape index (κ2) is 6.71. The van der Waals surface area contributed by atoms with Crippen LogP contribution in [0.15, 0.2) is 30.3 Å². The molecule has 1 fully saturated rings. The molecule has 1 aliphatic heterocycles. The maximum Gasteiger partial charge on any atom is 0.237 e. The number of amides is 1. The van der Waals surface area contributed by atoms with Gasteiger partial charge in [0.15, 0.2) is 0 Å². The molecule has 104 valence electrons. The molecule has 1 aromatic carbocycles. The van der Waals surface area contributed by atoms with Gasteiger partial charge < -0.3 is 10.6 Å². The normalized spacial score (nSPS) is 24.7. The monoisotopic (exact) mass is 260 g/mol. The van der Waals surface area contributed by atoms with Gasteiger partial charge >= 0.3 is 0 Å². The second-order valence-electron chi connectivity index (χ2n) is 5.65. The van der Waals surface area contributed by atoms with Gasteiger partial charge in [0.05, 0.1) is 6.04 Å². The molecule has 0 bridgehead atoms. The largest absolute Gasteiger partial charge is 0.352 e.